The van der Waals surface area contributed by atoms with Crippen LogP contribution in [0, 0.1) is 0 Å². The van der Waals surface area contributed by atoms with Crippen molar-refractivity contribution in [2.75, 3.05) is 12.8 Å². The van der Waals surface area contributed by atoms with Crippen LogP contribution in [0.15, 0.2) is 35.4 Å². The first-order valence-electron chi connectivity index (χ1n) is 6.36. The molecule has 0 unspecified atom stereocenters. The molecule has 1 aromatic carbocycles. The molecule has 0 fully saturated rings. The number of benzene rings is 1. The first-order valence-corrected chi connectivity index (χ1v) is 7.35. The molecule has 1 heterocycles. The molecule has 0 aliphatic heterocycles. The van der Waals surface area contributed by atoms with Crippen molar-refractivity contribution in [3.63, 3.8) is 0 Å². The van der Waals surface area contributed by atoms with Crippen LogP contribution in [0.2, 0.25) is 0 Å². The molecule has 7 heteroatoms. The van der Waals surface area contributed by atoms with Gasteiger partial charge in [0.25, 0.3) is 0 Å². The first kappa shape index (κ1) is 15.9. The zero-order chi connectivity index (χ0) is 15.5. The molecule has 0 atom stereocenters. The molecule has 0 radical (unpaired) electrons. The normalized spacial score (nSPS) is 11.9. The maximum absolute atomic E-state index is 12.2. The highest BCUT2D eigenvalue weighted by Crippen LogP contribution is 2.29. The second kappa shape index (κ2) is 6.53. The Morgan fingerprint density at radius 2 is 1.90 bits per heavy atom. The van der Waals surface area contributed by atoms with Gasteiger partial charge in [-0.25, -0.2) is 0 Å². The number of rotatable bonds is 5. The third-order valence-electron chi connectivity index (χ3n) is 2.80. The van der Waals surface area contributed by atoms with Gasteiger partial charge in [0, 0.05) is 35.8 Å². The van der Waals surface area contributed by atoms with E-state index >= 15 is 0 Å². The van der Waals surface area contributed by atoms with E-state index in [2.05, 4.69) is 10.4 Å². The summed E-state index contributed by atoms with van der Waals surface area (Å²) in [5.74, 6) is -0.874. The van der Waals surface area contributed by atoms with Crippen LogP contribution in [0.4, 0.5) is 13.2 Å². The zero-order valence-electron chi connectivity index (χ0n) is 11.7. The fourth-order valence-corrected chi connectivity index (χ4v) is 2.63. The van der Waals surface area contributed by atoms with Crippen LogP contribution >= 0.6 is 11.8 Å². The van der Waals surface area contributed by atoms with Gasteiger partial charge in [-0.3, -0.25) is 4.68 Å². The molecule has 0 bridgehead atoms. The maximum atomic E-state index is 12.2. The van der Waals surface area contributed by atoms with Crippen LogP contribution in [0.25, 0.3) is 11.3 Å². The summed E-state index contributed by atoms with van der Waals surface area (Å²) in [7, 11) is 3.70. The maximum Gasteiger partial charge on any atom is 0.398 e. The van der Waals surface area contributed by atoms with Crippen molar-refractivity contribution < 1.29 is 13.2 Å². The molecule has 1 N–H and O–H groups in total. The van der Waals surface area contributed by atoms with E-state index in [9.17, 15) is 13.2 Å². The number of nitrogens with one attached hydrogen (secondary N) is 1. The predicted octanol–water partition coefficient (Wildman–Crippen LogP) is 3.46. The SMILES string of the molecule is CNCc1cn(C)nc1-c1ccc(SCC(F)(F)F)cc1. The Balaban J connectivity index is 2.15. The monoisotopic (exact) mass is 315 g/mol. The number of halogens is 3. The number of alkyl halides is 3. The van der Waals surface area contributed by atoms with Crippen LogP contribution < -0.4 is 5.32 Å². The predicted molar refractivity (Wildman–Crippen MR) is 78.2 cm³/mol. The Bertz CT molecular complexity index is 591. The van der Waals surface area contributed by atoms with Gasteiger partial charge in [-0.15, -0.1) is 11.8 Å². The van der Waals surface area contributed by atoms with Gasteiger partial charge in [-0.1, -0.05) is 12.1 Å². The fourth-order valence-electron chi connectivity index (χ4n) is 1.97. The van der Waals surface area contributed by atoms with E-state index in [0.29, 0.717) is 11.4 Å². The largest absolute Gasteiger partial charge is 0.398 e. The second-order valence-electron chi connectivity index (χ2n) is 4.64. The standard InChI is InChI=1S/C14H16F3N3S/c1-18-7-11-8-20(2)19-13(11)10-3-5-12(6-4-10)21-9-14(15,16)17/h3-6,8,18H,7,9H2,1-2H3. The number of thioether (sulfide) groups is 1. The number of nitrogens with zero attached hydrogens (tertiary/aromatic N) is 2. The molecule has 2 rings (SSSR count). The minimum absolute atomic E-state index is 0.599. The highest BCUT2D eigenvalue weighted by atomic mass is 32.2. The summed E-state index contributed by atoms with van der Waals surface area (Å²) in [4.78, 5) is 0.599. The molecule has 0 saturated carbocycles. The molecule has 114 valence electrons. The van der Waals surface area contributed by atoms with E-state index in [-0.39, 0.29) is 0 Å². The molecule has 21 heavy (non-hydrogen) atoms. The van der Waals surface area contributed by atoms with Crippen molar-refractivity contribution in [1.29, 1.82) is 0 Å². The Labute approximate surface area is 125 Å². The average molecular weight is 315 g/mol. The number of aromatic nitrogens is 2. The van der Waals surface area contributed by atoms with E-state index in [4.69, 9.17) is 0 Å². The van der Waals surface area contributed by atoms with Crippen molar-refractivity contribution in [2.24, 2.45) is 7.05 Å². The van der Waals surface area contributed by atoms with E-state index in [1.54, 1.807) is 28.9 Å². The number of hydrogen-bond acceptors (Lipinski definition) is 3. The smallest absolute Gasteiger partial charge is 0.316 e. The molecular weight excluding hydrogens is 299 g/mol. The van der Waals surface area contributed by atoms with Gasteiger partial charge < -0.3 is 5.32 Å². The molecule has 0 saturated heterocycles. The third kappa shape index (κ3) is 4.50. The number of hydrogen-bond donors (Lipinski definition) is 1. The highest BCUT2D eigenvalue weighted by Gasteiger charge is 2.27. The van der Waals surface area contributed by atoms with Gasteiger partial charge >= 0.3 is 6.18 Å². The summed E-state index contributed by atoms with van der Waals surface area (Å²) in [6.07, 6.45) is -2.22. The van der Waals surface area contributed by atoms with Crippen molar-refractivity contribution >= 4 is 11.8 Å². The molecule has 0 amide bonds. The van der Waals surface area contributed by atoms with E-state index in [1.807, 2.05) is 20.3 Å². The summed E-state index contributed by atoms with van der Waals surface area (Å²) in [6, 6.07) is 7.01. The Kier molecular flexibility index (Phi) is 4.95. The van der Waals surface area contributed by atoms with E-state index in [1.165, 1.54) is 0 Å². The van der Waals surface area contributed by atoms with E-state index in [0.717, 1.165) is 28.6 Å². The first-order chi connectivity index (χ1) is 9.89. The Morgan fingerprint density at radius 1 is 1.24 bits per heavy atom. The molecule has 0 aliphatic rings. The number of aryl methyl sites for hydroxylation is 1. The molecule has 2 aromatic rings. The summed E-state index contributed by atoms with van der Waals surface area (Å²) in [5, 5.41) is 7.48. The van der Waals surface area contributed by atoms with Gasteiger partial charge in [0.15, 0.2) is 0 Å². The zero-order valence-corrected chi connectivity index (χ0v) is 12.6. The van der Waals surface area contributed by atoms with Crippen molar-refractivity contribution in [3.8, 4) is 11.3 Å². The summed E-state index contributed by atoms with van der Waals surface area (Å²) in [6.45, 7) is 0.688. The molecule has 0 aliphatic carbocycles. The molecule has 3 nitrogen and oxygen atoms in total. The minimum atomic E-state index is -4.15. The van der Waals surface area contributed by atoms with Gasteiger partial charge in [0.2, 0.25) is 0 Å². The van der Waals surface area contributed by atoms with Gasteiger partial charge in [-0.05, 0) is 19.2 Å². The van der Waals surface area contributed by atoms with Crippen molar-refractivity contribution in [1.82, 2.24) is 15.1 Å². The third-order valence-corrected chi connectivity index (χ3v) is 3.88. The topological polar surface area (TPSA) is 29.9 Å². The quantitative estimate of drug-likeness (QED) is 0.857. The van der Waals surface area contributed by atoms with Crippen LogP contribution in [-0.2, 0) is 13.6 Å². The van der Waals surface area contributed by atoms with Crippen LogP contribution in [0.5, 0.6) is 0 Å². The summed E-state index contributed by atoms with van der Waals surface area (Å²) >= 11 is 0.788. The van der Waals surface area contributed by atoms with Gasteiger partial charge in [0.1, 0.15) is 0 Å². The van der Waals surface area contributed by atoms with Gasteiger partial charge in [-0.2, -0.15) is 18.3 Å². The lowest BCUT2D eigenvalue weighted by molar-refractivity contribution is -0.105. The molecular formula is C14H16F3N3S. The van der Waals surface area contributed by atoms with Crippen molar-refractivity contribution in [2.45, 2.75) is 17.6 Å². The van der Waals surface area contributed by atoms with Crippen molar-refractivity contribution in [3.05, 3.63) is 36.0 Å². The van der Waals surface area contributed by atoms with E-state index < -0.39 is 11.9 Å². The van der Waals surface area contributed by atoms with Crippen LogP contribution in [0.1, 0.15) is 5.56 Å². The highest BCUT2D eigenvalue weighted by molar-refractivity contribution is 7.99. The lowest BCUT2D eigenvalue weighted by atomic mass is 10.1. The average Bonchev–Trinajstić information content (AvgIpc) is 2.78. The van der Waals surface area contributed by atoms with Gasteiger partial charge in [0.05, 0.1) is 11.4 Å². The van der Waals surface area contributed by atoms with Crippen LogP contribution in [0.3, 0.4) is 0 Å². The summed E-state index contributed by atoms with van der Waals surface area (Å²) < 4.78 is 38.3. The minimum Gasteiger partial charge on any atom is -0.316 e. The second-order valence-corrected chi connectivity index (χ2v) is 5.68. The Hall–Kier alpha value is -1.47. The molecule has 0 spiro atoms. The Morgan fingerprint density at radius 3 is 2.48 bits per heavy atom. The fraction of sp³-hybridized carbons (Fsp3) is 0.357. The summed E-state index contributed by atoms with van der Waals surface area (Å²) in [5.41, 5.74) is 2.80. The molecule has 1 aromatic heterocycles. The lowest BCUT2D eigenvalue weighted by Crippen LogP contribution is -2.10. The lowest BCUT2D eigenvalue weighted by Gasteiger charge is -2.07. The van der Waals surface area contributed by atoms with Crippen LogP contribution in [-0.4, -0.2) is 28.8 Å².